The van der Waals surface area contributed by atoms with Crippen molar-refractivity contribution < 1.29 is 28.6 Å². The van der Waals surface area contributed by atoms with Gasteiger partial charge in [0.05, 0.1) is 13.5 Å². The second-order valence-corrected chi connectivity index (χ2v) is 6.35. The van der Waals surface area contributed by atoms with Gasteiger partial charge in [-0.25, -0.2) is 9.59 Å². The van der Waals surface area contributed by atoms with Crippen molar-refractivity contribution in [3.05, 3.63) is 23.8 Å². The number of methoxy groups -OCH3 is 1. The number of carbonyl (C=O) groups is 3. The smallest absolute Gasteiger partial charge is 0.408 e. The average molecular weight is 339 g/mol. The lowest BCUT2D eigenvalue weighted by Gasteiger charge is -2.22. The molecular weight excluding hydrogens is 314 g/mol. The quantitative estimate of drug-likeness (QED) is 0.589. The van der Waals surface area contributed by atoms with E-state index in [1.54, 1.807) is 20.8 Å². The van der Waals surface area contributed by atoms with E-state index in [-0.39, 0.29) is 13.0 Å². The van der Waals surface area contributed by atoms with Gasteiger partial charge in [-0.1, -0.05) is 18.2 Å². The highest BCUT2D eigenvalue weighted by molar-refractivity contribution is 5.86. The Kier molecular flexibility index (Phi) is 7.48. The number of alkyl carbamates (subject to hydrolysis) is 1. The van der Waals surface area contributed by atoms with Crippen molar-refractivity contribution in [2.75, 3.05) is 13.7 Å². The largest absolute Gasteiger partial charge is 0.469 e. The van der Waals surface area contributed by atoms with Crippen LogP contribution in [-0.2, 0) is 23.8 Å². The topological polar surface area (TPSA) is 90.9 Å². The molecule has 134 valence electrons. The zero-order valence-corrected chi connectivity index (χ0v) is 14.6. The Morgan fingerprint density at radius 1 is 1.25 bits per heavy atom. The Morgan fingerprint density at radius 3 is 2.50 bits per heavy atom. The molecule has 0 aromatic heterocycles. The molecule has 1 N–H and O–H groups in total. The van der Waals surface area contributed by atoms with E-state index in [1.165, 1.54) is 7.11 Å². The lowest BCUT2D eigenvalue weighted by atomic mass is 10.1. The van der Waals surface area contributed by atoms with Gasteiger partial charge >= 0.3 is 18.0 Å². The van der Waals surface area contributed by atoms with Gasteiger partial charge in [0, 0.05) is 0 Å². The van der Waals surface area contributed by atoms with Crippen molar-refractivity contribution in [1.82, 2.24) is 5.32 Å². The highest BCUT2D eigenvalue weighted by atomic mass is 16.6. The second-order valence-electron chi connectivity index (χ2n) is 6.35. The monoisotopic (exact) mass is 339 g/mol. The van der Waals surface area contributed by atoms with Gasteiger partial charge in [0.15, 0.2) is 0 Å². The molecule has 0 radical (unpaired) electrons. The molecule has 1 aliphatic rings. The standard InChI is InChI=1S/C17H25NO6/c1-17(2,3)24-16(21)18-13(10-14(19)22-4)15(20)23-11-12-8-6-5-7-9-12/h6,8-9,13H,5,7,10-11H2,1-4H3,(H,18,21)/t13-/m0/s1. The summed E-state index contributed by atoms with van der Waals surface area (Å²) in [6, 6.07) is -1.17. The third-order valence-electron chi connectivity index (χ3n) is 3.03. The molecule has 1 amide bonds. The second kappa shape index (κ2) is 9.10. The molecule has 7 heteroatoms. The molecule has 1 atom stereocenters. The third-order valence-corrected chi connectivity index (χ3v) is 3.03. The first-order chi connectivity index (χ1) is 11.2. The molecule has 0 unspecified atom stereocenters. The van der Waals surface area contributed by atoms with Gasteiger partial charge in [0.2, 0.25) is 0 Å². The Bertz CT molecular complexity index is 530. The molecule has 0 aliphatic heterocycles. The first kappa shape index (κ1) is 19.7. The maximum atomic E-state index is 12.2. The number of rotatable bonds is 6. The molecule has 0 saturated carbocycles. The molecule has 1 rings (SSSR count). The molecular formula is C17H25NO6. The summed E-state index contributed by atoms with van der Waals surface area (Å²) >= 11 is 0. The maximum absolute atomic E-state index is 12.2. The number of allylic oxidation sites excluding steroid dienone is 2. The molecule has 24 heavy (non-hydrogen) atoms. The number of hydrogen-bond donors (Lipinski definition) is 1. The van der Waals surface area contributed by atoms with Crippen LogP contribution in [0, 0.1) is 0 Å². The summed E-state index contributed by atoms with van der Waals surface area (Å²) in [5.74, 6) is -1.35. The minimum Gasteiger partial charge on any atom is -0.469 e. The number of carbonyl (C=O) groups excluding carboxylic acids is 3. The van der Waals surface area contributed by atoms with Crippen molar-refractivity contribution >= 4 is 18.0 Å². The fourth-order valence-electron chi connectivity index (χ4n) is 1.92. The van der Waals surface area contributed by atoms with Crippen molar-refractivity contribution in [2.45, 2.75) is 51.7 Å². The Labute approximate surface area is 142 Å². The molecule has 0 heterocycles. The number of esters is 2. The van der Waals surface area contributed by atoms with Crippen LogP contribution in [0.3, 0.4) is 0 Å². The lowest BCUT2D eigenvalue weighted by Crippen LogP contribution is -2.45. The van der Waals surface area contributed by atoms with Crippen LogP contribution in [0.2, 0.25) is 0 Å². The normalized spacial score (nSPS) is 15.1. The summed E-state index contributed by atoms with van der Waals surface area (Å²) in [4.78, 5) is 35.5. The highest BCUT2D eigenvalue weighted by Crippen LogP contribution is 2.11. The summed E-state index contributed by atoms with van der Waals surface area (Å²) in [6.07, 6.45) is 6.58. The fourth-order valence-corrected chi connectivity index (χ4v) is 1.92. The first-order valence-electron chi connectivity index (χ1n) is 7.80. The van der Waals surface area contributed by atoms with E-state index in [9.17, 15) is 14.4 Å². The summed E-state index contributed by atoms with van der Waals surface area (Å²) in [5, 5.41) is 2.35. The molecule has 0 saturated heterocycles. The van der Waals surface area contributed by atoms with Crippen LogP contribution < -0.4 is 5.32 Å². The predicted molar refractivity (Wildman–Crippen MR) is 87.2 cm³/mol. The van der Waals surface area contributed by atoms with E-state index in [4.69, 9.17) is 9.47 Å². The van der Waals surface area contributed by atoms with Crippen molar-refractivity contribution in [2.24, 2.45) is 0 Å². The van der Waals surface area contributed by atoms with Gasteiger partial charge in [-0.3, -0.25) is 4.79 Å². The Balaban J connectivity index is 2.64. The van der Waals surface area contributed by atoms with Crippen molar-refractivity contribution in [3.8, 4) is 0 Å². The molecule has 7 nitrogen and oxygen atoms in total. The van der Waals surface area contributed by atoms with E-state index in [0.29, 0.717) is 0 Å². The molecule has 0 spiro atoms. The van der Waals surface area contributed by atoms with Gasteiger partial charge in [-0.2, -0.15) is 0 Å². The van der Waals surface area contributed by atoms with E-state index in [1.807, 2.05) is 18.2 Å². The summed E-state index contributed by atoms with van der Waals surface area (Å²) in [6.45, 7) is 5.18. The Morgan fingerprint density at radius 2 is 1.96 bits per heavy atom. The van der Waals surface area contributed by atoms with Crippen LogP contribution in [0.1, 0.15) is 40.0 Å². The Hall–Kier alpha value is -2.31. The number of hydrogen-bond acceptors (Lipinski definition) is 6. The van der Waals surface area contributed by atoms with E-state index in [0.717, 1.165) is 18.4 Å². The lowest BCUT2D eigenvalue weighted by molar-refractivity contribution is -0.150. The van der Waals surface area contributed by atoms with Gasteiger partial charge < -0.3 is 19.5 Å². The number of ether oxygens (including phenoxy) is 3. The van der Waals surface area contributed by atoms with Crippen LogP contribution in [0.4, 0.5) is 4.79 Å². The van der Waals surface area contributed by atoms with Crippen LogP contribution in [0.5, 0.6) is 0 Å². The zero-order chi connectivity index (χ0) is 18.2. The van der Waals surface area contributed by atoms with Crippen LogP contribution >= 0.6 is 0 Å². The van der Waals surface area contributed by atoms with Crippen molar-refractivity contribution in [3.63, 3.8) is 0 Å². The van der Waals surface area contributed by atoms with Crippen LogP contribution in [-0.4, -0.2) is 43.4 Å². The van der Waals surface area contributed by atoms with E-state index in [2.05, 4.69) is 10.1 Å². The van der Waals surface area contributed by atoms with Gasteiger partial charge in [-0.05, 0) is 39.2 Å². The van der Waals surface area contributed by atoms with Crippen molar-refractivity contribution in [1.29, 1.82) is 0 Å². The number of amides is 1. The maximum Gasteiger partial charge on any atom is 0.408 e. The first-order valence-corrected chi connectivity index (χ1v) is 7.80. The van der Waals surface area contributed by atoms with Crippen LogP contribution in [0.15, 0.2) is 23.8 Å². The van der Waals surface area contributed by atoms with E-state index >= 15 is 0 Å². The molecule has 0 fully saturated rings. The zero-order valence-electron chi connectivity index (χ0n) is 14.6. The van der Waals surface area contributed by atoms with E-state index < -0.39 is 29.7 Å². The molecule has 0 aromatic carbocycles. The molecule has 0 bridgehead atoms. The summed E-state index contributed by atoms with van der Waals surface area (Å²) in [5.41, 5.74) is 0.158. The predicted octanol–water partition coefficient (Wildman–Crippen LogP) is 2.26. The third kappa shape index (κ3) is 7.80. The minimum absolute atomic E-state index is 0.0863. The minimum atomic E-state index is -1.17. The SMILES string of the molecule is COC(=O)C[C@H](NC(=O)OC(C)(C)C)C(=O)OCC1=CCCC=C1. The van der Waals surface area contributed by atoms with Gasteiger partial charge in [0.25, 0.3) is 0 Å². The van der Waals surface area contributed by atoms with Gasteiger partial charge in [-0.15, -0.1) is 0 Å². The average Bonchev–Trinajstić information content (AvgIpc) is 2.51. The fraction of sp³-hybridized carbons (Fsp3) is 0.588. The summed E-state index contributed by atoms with van der Waals surface area (Å²) < 4.78 is 14.8. The molecule has 1 aliphatic carbocycles. The summed E-state index contributed by atoms with van der Waals surface area (Å²) in [7, 11) is 1.20. The van der Waals surface area contributed by atoms with Gasteiger partial charge in [0.1, 0.15) is 18.2 Å². The molecule has 0 aromatic rings. The number of nitrogens with one attached hydrogen (secondary N) is 1. The van der Waals surface area contributed by atoms with Crippen LogP contribution in [0.25, 0.3) is 0 Å². The highest BCUT2D eigenvalue weighted by Gasteiger charge is 2.28.